The van der Waals surface area contributed by atoms with E-state index in [0.717, 1.165) is 25.0 Å². The number of carbonyl (C=O) groups is 1. The molecule has 1 atom stereocenters. The first-order chi connectivity index (χ1) is 20.6. The van der Waals surface area contributed by atoms with Gasteiger partial charge in [-0.2, -0.15) is 0 Å². The van der Waals surface area contributed by atoms with Gasteiger partial charge in [-0.1, -0.05) is 0 Å². The van der Waals surface area contributed by atoms with Gasteiger partial charge in [-0.3, -0.25) is 9.78 Å². The number of ether oxygens (including phenoxy) is 2. The third kappa shape index (κ3) is 5.96. The van der Waals surface area contributed by atoms with Gasteiger partial charge in [-0.15, -0.1) is 0 Å². The van der Waals surface area contributed by atoms with E-state index in [1.54, 1.807) is 18.2 Å². The quantitative estimate of drug-likeness (QED) is 0.264. The Hall–Kier alpha value is -4.33. The van der Waals surface area contributed by atoms with E-state index in [2.05, 4.69) is 20.3 Å². The number of amides is 1. The van der Waals surface area contributed by atoms with Gasteiger partial charge in [-0.25, -0.2) is 35.9 Å². The van der Waals surface area contributed by atoms with Crippen LogP contribution in [0.2, 0.25) is 0 Å². The van der Waals surface area contributed by atoms with E-state index in [9.17, 15) is 30.8 Å². The Labute approximate surface area is 243 Å². The Kier molecular flexibility index (Phi) is 7.63. The maximum absolute atomic E-state index is 14.7. The van der Waals surface area contributed by atoms with Crippen molar-refractivity contribution in [1.82, 2.24) is 20.3 Å². The second-order valence-corrected chi connectivity index (χ2v) is 12.3. The van der Waals surface area contributed by atoms with Crippen LogP contribution in [0.25, 0.3) is 22.2 Å². The molecule has 6 rings (SSSR count). The smallest absolute Gasteiger partial charge is 0.280 e. The summed E-state index contributed by atoms with van der Waals surface area (Å²) in [6.45, 7) is -0.0875. The molecule has 0 radical (unpaired) electrons. The fourth-order valence-electron chi connectivity index (χ4n) is 4.54. The Morgan fingerprint density at radius 3 is 2.67 bits per heavy atom. The lowest BCUT2D eigenvalue weighted by Gasteiger charge is -2.13. The maximum atomic E-state index is 14.7. The molecular weight excluding hydrogens is 592 g/mol. The zero-order chi connectivity index (χ0) is 30.3. The van der Waals surface area contributed by atoms with Crippen LogP contribution in [0.4, 0.5) is 17.6 Å². The van der Waals surface area contributed by atoms with Gasteiger partial charge >= 0.3 is 0 Å². The summed E-state index contributed by atoms with van der Waals surface area (Å²) in [6, 6.07) is 9.47. The van der Waals surface area contributed by atoms with Crippen LogP contribution in [0, 0.1) is 11.7 Å². The molecule has 1 saturated carbocycles. The summed E-state index contributed by atoms with van der Waals surface area (Å²) in [5.74, 6) is -2.09. The summed E-state index contributed by atoms with van der Waals surface area (Å²) in [5.41, 5.74) is -1.29. The van der Waals surface area contributed by atoms with Crippen molar-refractivity contribution in [2.24, 2.45) is 5.92 Å². The van der Waals surface area contributed by atoms with Crippen molar-refractivity contribution in [3.05, 3.63) is 71.4 Å². The summed E-state index contributed by atoms with van der Waals surface area (Å²) in [6.07, 6.45) is 0.331. The number of hydrogen-bond acceptors (Lipinski definition) is 8. The van der Waals surface area contributed by atoms with Crippen LogP contribution in [0.1, 0.15) is 47.4 Å². The average molecular weight is 617 g/mol. The number of halogens is 4. The van der Waals surface area contributed by atoms with Crippen LogP contribution >= 0.6 is 0 Å². The highest BCUT2D eigenvalue weighted by molar-refractivity contribution is 7.92. The lowest BCUT2D eigenvalue weighted by molar-refractivity contribution is 0.0949. The minimum absolute atomic E-state index is 0.0672. The van der Waals surface area contributed by atoms with Crippen LogP contribution in [0.5, 0.6) is 11.6 Å². The van der Waals surface area contributed by atoms with Gasteiger partial charge in [0.25, 0.3) is 12.3 Å². The van der Waals surface area contributed by atoms with Crippen LogP contribution in [0.3, 0.4) is 0 Å². The van der Waals surface area contributed by atoms with E-state index in [4.69, 9.17) is 9.47 Å². The number of sulfone groups is 1. The highest BCUT2D eigenvalue weighted by atomic mass is 32.2. The number of rotatable bonds is 8. The fourth-order valence-corrected chi connectivity index (χ4v) is 5.93. The fraction of sp³-hybridized carbons (Fsp3) is 0.310. The number of nitrogens with zero attached hydrogens (tertiary/aromatic N) is 3. The highest BCUT2D eigenvalue weighted by Gasteiger charge is 2.35. The van der Waals surface area contributed by atoms with Gasteiger partial charge in [0, 0.05) is 23.6 Å². The minimum Gasteiger partial charge on any atom is -0.489 e. The lowest BCUT2D eigenvalue weighted by Crippen LogP contribution is -2.24. The van der Waals surface area contributed by atoms with Crippen LogP contribution < -0.4 is 14.8 Å². The SMILES string of the molecule is O=C(NCc1cc2nc(-c3ccc(C(F)F)nc3OCC3CC3)ccc2cn1)c1cc(F)c2c(c1)S(=O)(=O)[C@@H](F)CCO2. The Balaban J connectivity index is 1.24. The van der Waals surface area contributed by atoms with Crippen molar-refractivity contribution >= 4 is 26.6 Å². The standard InChI is InChI=1S/C29H24F4N4O5S/c30-20-9-17(10-24-26(20)41-8-7-25(31)43(24,39)40)28(38)35-13-18-11-23-16(12-34-18)3-5-21(36-23)19-4-6-22(27(32)33)37-29(19)42-14-15-1-2-15/h3-6,9-12,15,25,27H,1-2,7-8,13-14H2,(H,35,38)/t25-/m1/s1. The Morgan fingerprint density at radius 2 is 1.91 bits per heavy atom. The molecule has 9 nitrogen and oxygen atoms in total. The van der Waals surface area contributed by atoms with E-state index in [-0.39, 0.29) is 24.6 Å². The van der Waals surface area contributed by atoms with Crippen LogP contribution in [-0.2, 0) is 16.4 Å². The topological polar surface area (TPSA) is 120 Å². The zero-order valence-electron chi connectivity index (χ0n) is 22.4. The van der Waals surface area contributed by atoms with E-state index >= 15 is 0 Å². The molecule has 224 valence electrons. The molecule has 0 unspecified atom stereocenters. The molecular formula is C29H24F4N4O5S. The Morgan fingerprint density at radius 1 is 1.09 bits per heavy atom. The van der Waals surface area contributed by atoms with Gasteiger partial charge < -0.3 is 14.8 Å². The predicted molar refractivity (Wildman–Crippen MR) is 146 cm³/mol. The zero-order valence-corrected chi connectivity index (χ0v) is 23.2. The van der Waals surface area contributed by atoms with Crippen molar-refractivity contribution in [3.63, 3.8) is 0 Å². The number of pyridine rings is 3. The first-order valence-corrected chi connectivity index (χ1v) is 14.9. The summed E-state index contributed by atoms with van der Waals surface area (Å²) >= 11 is 0. The predicted octanol–water partition coefficient (Wildman–Crippen LogP) is 5.34. The van der Waals surface area contributed by atoms with E-state index in [0.29, 0.717) is 40.4 Å². The highest BCUT2D eigenvalue weighted by Crippen LogP contribution is 2.36. The number of hydrogen-bond donors (Lipinski definition) is 1. The number of aromatic nitrogens is 3. The number of fused-ring (bicyclic) bond motifs is 2. The monoisotopic (exact) mass is 616 g/mol. The van der Waals surface area contributed by atoms with Crippen molar-refractivity contribution < 1.29 is 40.2 Å². The van der Waals surface area contributed by atoms with Crippen LogP contribution in [0.15, 0.2) is 53.6 Å². The third-order valence-electron chi connectivity index (χ3n) is 7.10. The van der Waals surface area contributed by atoms with E-state index < -0.39 is 56.3 Å². The summed E-state index contributed by atoms with van der Waals surface area (Å²) in [5, 5.41) is 3.21. The van der Waals surface area contributed by atoms with Crippen molar-refractivity contribution in [2.45, 2.75) is 42.6 Å². The molecule has 4 aromatic rings. The first-order valence-electron chi connectivity index (χ1n) is 13.4. The van der Waals surface area contributed by atoms with Crippen LogP contribution in [-0.4, -0.2) is 48.0 Å². The molecule has 1 aliphatic carbocycles. The summed E-state index contributed by atoms with van der Waals surface area (Å²) in [4.78, 5) is 25.1. The lowest BCUT2D eigenvalue weighted by atomic mass is 10.1. The molecule has 1 amide bonds. The van der Waals surface area contributed by atoms with Crippen molar-refractivity contribution in [1.29, 1.82) is 0 Å². The molecule has 43 heavy (non-hydrogen) atoms. The van der Waals surface area contributed by atoms with Gasteiger partial charge in [0.2, 0.25) is 21.2 Å². The number of alkyl halides is 3. The molecule has 0 spiro atoms. The third-order valence-corrected chi connectivity index (χ3v) is 8.93. The normalized spacial score (nSPS) is 17.7. The maximum Gasteiger partial charge on any atom is 0.280 e. The molecule has 3 aromatic heterocycles. The van der Waals surface area contributed by atoms with Gasteiger partial charge in [-0.05, 0) is 61.2 Å². The van der Waals surface area contributed by atoms with E-state index in [1.807, 2.05) is 0 Å². The molecule has 2 aliphatic rings. The Bertz CT molecular complexity index is 1840. The van der Waals surface area contributed by atoms with Gasteiger partial charge in [0.05, 0.1) is 42.2 Å². The number of benzene rings is 1. The van der Waals surface area contributed by atoms with E-state index in [1.165, 1.54) is 18.3 Å². The second-order valence-electron chi connectivity index (χ2n) is 10.3. The molecule has 0 saturated heterocycles. The van der Waals surface area contributed by atoms with Gasteiger partial charge in [0.1, 0.15) is 10.6 Å². The molecule has 1 aliphatic heterocycles. The minimum atomic E-state index is -4.55. The van der Waals surface area contributed by atoms with Crippen molar-refractivity contribution in [2.75, 3.05) is 13.2 Å². The second kappa shape index (κ2) is 11.4. The largest absolute Gasteiger partial charge is 0.489 e. The first kappa shape index (κ1) is 28.8. The average Bonchev–Trinajstić information content (AvgIpc) is 3.84. The molecule has 1 N–H and O–H groups in total. The van der Waals surface area contributed by atoms with Gasteiger partial charge in [0.15, 0.2) is 11.6 Å². The molecule has 0 bridgehead atoms. The molecule has 4 heterocycles. The summed E-state index contributed by atoms with van der Waals surface area (Å²) < 4.78 is 91.4. The number of nitrogens with one attached hydrogen (secondary N) is 1. The molecule has 1 fully saturated rings. The summed E-state index contributed by atoms with van der Waals surface area (Å²) in [7, 11) is -4.55. The molecule has 1 aromatic carbocycles. The number of carbonyl (C=O) groups excluding carboxylic acids is 1. The molecule has 14 heteroatoms. The van der Waals surface area contributed by atoms with Crippen molar-refractivity contribution in [3.8, 4) is 22.9 Å².